The van der Waals surface area contributed by atoms with Gasteiger partial charge in [0.1, 0.15) is 5.65 Å². The lowest BCUT2D eigenvalue weighted by atomic mass is 10.2. The van der Waals surface area contributed by atoms with Crippen molar-refractivity contribution in [2.45, 2.75) is 32.9 Å². The van der Waals surface area contributed by atoms with Crippen LogP contribution in [0.5, 0.6) is 0 Å². The molecule has 0 spiro atoms. The molecule has 1 N–H and O–H groups in total. The predicted molar refractivity (Wildman–Crippen MR) is 78.1 cm³/mol. The lowest BCUT2D eigenvalue weighted by Gasteiger charge is -2.27. The van der Waals surface area contributed by atoms with Crippen LogP contribution in [0, 0.1) is 0 Å². The van der Waals surface area contributed by atoms with Gasteiger partial charge in [-0.05, 0) is 32.9 Å². The van der Waals surface area contributed by atoms with E-state index in [-0.39, 0.29) is 23.6 Å². The second-order valence-corrected chi connectivity index (χ2v) is 5.44. The van der Waals surface area contributed by atoms with Gasteiger partial charge in [0.15, 0.2) is 10.8 Å². The summed E-state index contributed by atoms with van der Waals surface area (Å²) in [7, 11) is 0. The molecule has 0 aromatic carbocycles. The van der Waals surface area contributed by atoms with E-state index in [0.717, 1.165) is 0 Å². The molecule has 1 unspecified atom stereocenters. The van der Waals surface area contributed by atoms with Crippen LogP contribution in [-0.4, -0.2) is 44.0 Å². The Morgan fingerprint density at radius 1 is 1.45 bits per heavy atom. The molecule has 0 aliphatic heterocycles. The van der Waals surface area contributed by atoms with Gasteiger partial charge < -0.3 is 10.0 Å². The molecule has 6 heteroatoms. The number of carbonyl (C=O) groups is 1. The second kappa shape index (κ2) is 5.81. The van der Waals surface area contributed by atoms with Crippen molar-refractivity contribution in [2.75, 3.05) is 6.54 Å². The Hall–Kier alpha value is -1.59. The van der Waals surface area contributed by atoms with E-state index in [4.69, 9.17) is 11.6 Å². The summed E-state index contributed by atoms with van der Waals surface area (Å²) in [6.07, 6.45) is 1.15. The summed E-state index contributed by atoms with van der Waals surface area (Å²) >= 11 is 6.11. The summed E-state index contributed by atoms with van der Waals surface area (Å²) in [5.41, 5.74) is 0.957. The molecule has 0 radical (unpaired) electrons. The average molecular weight is 296 g/mol. The zero-order valence-corrected chi connectivity index (χ0v) is 12.5. The molecule has 2 heterocycles. The quantitative estimate of drug-likeness (QED) is 0.941. The summed E-state index contributed by atoms with van der Waals surface area (Å²) in [4.78, 5) is 18.5. The van der Waals surface area contributed by atoms with Crippen LogP contribution in [0.2, 0.25) is 5.15 Å². The molecule has 20 heavy (non-hydrogen) atoms. The number of aliphatic hydroxyl groups is 1. The van der Waals surface area contributed by atoms with Crippen LogP contribution in [0.1, 0.15) is 31.3 Å². The minimum Gasteiger partial charge on any atom is -0.392 e. The highest BCUT2D eigenvalue weighted by Gasteiger charge is 2.26. The minimum atomic E-state index is -0.598. The number of aromatic nitrogens is 2. The number of aliphatic hydroxyl groups excluding tert-OH is 1. The maximum Gasteiger partial charge on any atom is 0.274 e. The molecule has 0 fully saturated rings. The van der Waals surface area contributed by atoms with Crippen molar-refractivity contribution < 1.29 is 9.90 Å². The van der Waals surface area contributed by atoms with Gasteiger partial charge in [0, 0.05) is 18.8 Å². The molecule has 108 valence electrons. The fourth-order valence-electron chi connectivity index (χ4n) is 2.11. The number of rotatable bonds is 4. The number of hydrogen-bond donors (Lipinski definition) is 1. The predicted octanol–water partition coefficient (Wildman–Crippen LogP) is 2.22. The largest absolute Gasteiger partial charge is 0.392 e. The summed E-state index contributed by atoms with van der Waals surface area (Å²) in [5.74, 6) is -0.232. The van der Waals surface area contributed by atoms with Crippen LogP contribution in [0.4, 0.5) is 0 Å². The first-order valence-corrected chi connectivity index (χ1v) is 6.91. The van der Waals surface area contributed by atoms with Crippen molar-refractivity contribution >= 4 is 23.2 Å². The Balaban J connectivity index is 2.46. The first-order valence-electron chi connectivity index (χ1n) is 6.53. The Morgan fingerprint density at radius 2 is 2.15 bits per heavy atom. The van der Waals surface area contributed by atoms with Crippen molar-refractivity contribution in [2.24, 2.45) is 0 Å². The highest BCUT2D eigenvalue weighted by atomic mass is 35.5. The molecule has 0 saturated heterocycles. The first-order chi connectivity index (χ1) is 9.41. The molecule has 1 atom stereocenters. The fraction of sp³-hybridized carbons (Fsp3) is 0.429. The Bertz CT molecular complexity index is 622. The number of imidazole rings is 1. The number of hydrogen-bond acceptors (Lipinski definition) is 3. The van der Waals surface area contributed by atoms with E-state index in [2.05, 4.69) is 4.98 Å². The standard InChI is InChI=1S/C14H18ClN3O2/c1-9(2)18(8-10(3)19)14(20)12-13(15)16-11-6-4-5-7-17(11)12/h4-7,9-10,19H,8H2,1-3H3. The second-order valence-electron chi connectivity index (χ2n) is 5.08. The fourth-order valence-corrected chi connectivity index (χ4v) is 2.37. The van der Waals surface area contributed by atoms with E-state index in [1.165, 1.54) is 0 Å². The minimum absolute atomic E-state index is 0.0394. The van der Waals surface area contributed by atoms with Crippen molar-refractivity contribution in [3.05, 3.63) is 35.2 Å². The van der Waals surface area contributed by atoms with Gasteiger partial charge in [0.05, 0.1) is 6.10 Å². The Kier molecular flexibility index (Phi) is 4.30. The lowest BCUT2D eigenvalue weighted by molar-refractivity contribution is 0.0572. The molecule has 0 aliphatic carbocycles. The number of amides is 1. The molecule has 2 aromatic rings. The summed E-state index contributed by atoms with van der Waals surface area (Å²) in [6.45, 7) is 5.71. The van der Waals surface area contributed by atoms with Gasteiger partial charge in [-0.1, -0.05) is 17.7 Å². The van der Waals surface area contributed by atoms with Crippen LogP contribution in [0.3, 0.4) is 0 Å². The Morgan fingerprint density at radius 3 is 2.75 bits per heavy atom. The summed E-state index contributed by atoms with van der Waals surface area (Å²) < 4.78 is 1.67. The number of pyridine rings is 1. The Labute approximate surface area is 122 Å². The molecule has 5 nitrogen and oxygen atoms in total. The highest BCUT2D eigenvalue weighted by Crippen LogP contribution is 2.20. The van der Waals surface area contributed by atoms with Gasteiger partial charge in [-0.3, -0.25) is 9.20 Å². The third-order valence-electron chi connectivity index (χ3n) is 3.04. The maximum atomic E-state index is 12.7. The van der Waals surface area contributed by atoms with Gasteiger partial charge in [-0.15, -0.1) is 0 Å². The lowest BCUT2D eigenvalue weighted by Crippen LogP contribution is -2.42. The zero-order chi connectivity index (χ0) is 14.9. The van der Waals surface area contributed by atoms with Crippen LogP contribution >= 0.6 is 11.6 Å². The normalized spacial score (nSPS) is 12.9. The first kappa shape index (κ1) is 14.8. The summed E-state index contributed by atoms with van der Waals surface area (Å²) in [5, 5.41) is 9.73. The smallest absolute Gasteiger partial charge is 0.274 e. The van der Waals surface area contributed by atoms with Gasteiger partial charge in [0.2, 0.25) is 0 Å². The monoisotopic (exact) mass is 295 g/mol. The molecular weight excluding hydrogens is 278 g/mol. The van der Waals surface area contributed by atoms with Crippen LogP contribution in [0.25, 0.3) is 5.65 Å². The van der Waals surface area contributed by atoms with E-state index in [0.29, 0.717) is 11.3 Å². The van der Waals surface area contributed by atoms with Gasteiger partial charge in [-0.2, -0.15) is 0 Å². The topological polar surface area (TPSA) is 57.8 Å². The molecule has 0 aliphatic rings. The van der Waals surface area contributed by atoms with Crippen LogP contribution < -0.4 is 0 Å². The third kappa shape index (κ3) is 2.78. The third-order valence-corrected chi connectivity index (χ3v) is 3.30. The van der Waals surface area contributed by atoms with Gasteiger partial charge >= 0.3 is 0 Å². The molecule has 2 rings (SSSR count). The van der Waals surface area contributed by atoms with Crippen molar-refractivity contribution in [1.29, 1.82) is 0 Å². The number of carbonyl (C=O) groups excluding carboxylic acids is 1. The van der Waals surface area contributed by atoms with E-state index in [9.17, 15) is 9.90 Å². The maximum absolute atomic E-state index is 12.7. The number of nitrogens with zero attached hydrogens (tertiary/aromatic N) is 3. The van der Waals surface area contributed by atoms with E-state index in [1.807, 2.05) is 26.0 Å². The van der Waals surface area contributed by atoms with Crippen LogP contribution in [-0.2, 0) is 0 Å². The molecule has 0 saturated carbocycles. The van der Waals surface area contributed by atoms with Crippen LogP contribution in [0.15, 0.2) is 24.4 Å². The number of fused-ring (bicyclic) bond motifs is 1. The SMILES string of the molecule is CC(O)CN(C(=O)c1c(Cl)nc2ccccn12)C(C)C. The molecule has 1 amide bonds. The van der Waals surface area contributed by atoms with Crippen molar-refractivity contribution in [3.63, 3.8) is 0 Å². The molecular formula is C14H18ClN3O2. The average Bonchev–Trinajstić information content (AvgIpc) is 2.70. The zero-order valence-electron chi connectivity index (χ0n) is 11.7. The molecule has 0 bridgehead atoms. The summed E-state index contributed by atoms with van der Waals surface area (Å²) in [6, 6.07) is 5.40. The van der Waals surface area contributed by atoms with E-state index >= 15 is 0 Å². The van der Waals surface area contributed by atoms with Crippen molar-refractivity contribution in [1.82, 2.24) is 14.3 Å². The van der Waals surface area contributed by atoms with Gasteiger partial charge in [0.25, 0.3) is 5.91 Å². The van der Waals surface area contributed by atoms with E-state index in [1.54, 1.807) is 28.5 Å². The van der Waals surface area contributed by atoms with Crippen molar-refractivity contribution in [3.8, 4) is 0 Å². The van der Waals surface area contributed by atoms with Gasteiger partial charge in [-0.25, -0.2) is 4.98 Å². The number of halogens is 1. The highest BCUT2D eigenvalue weighted by molar-refractivity contribution is 6.32. The van der Waals surface area contributed by atoms with E-state index < -0.39 is 6.10 Å². The molecule has 2 aromatic heterocycles.